The highest BCUT2D eigenvalue weighted by atomic mass is 16.2. The molecule has 0 spiro atoms. The van der Waals surface area contributed by atoms with Crippen molar-refractivity contribution < 1.29 is 9.59 Å². The lowest BCUT2D eigenvalue weighted by atomic mass is 10.00. The number of hydrazone groups is 1. The van der Waals surface area contributed by atoms with E-state index in [2.05, 4.69) is 10.5 Å². The highest BCUT2D eigenvalue weighted by Gasteiger charge is 2.47. The summed E-state index contributed by atoms with van der Waals surface area (Å²) in [5, 5.41) is 3.94. The molecule has 2 aliphatic heterocycles. The van der Waals surface area contributed by atoms with E-state index in [0.717, 1.165) is 10.5 Å². The summed E-state index contributed by atoms with van der Waals surface area (Å²) in [6.45, 7) is 0. The summed E-state index contributed by atoms with van der Waals surface area (Å²) < 4.78 is 0. The van der Waals surface area contributed by atoms with Crippen molar-refractivity contribution in [2.24, 2.45) is 10.8 Å². The van der Waals surface area contributed by atoms with Crippen molar-refractivity contribution in [2.45, 2.75) is 18.6 Å². The number of amides is 2. The summed E-state index contributed by atoms with van der Waals surface area (Å²) >= 11 is 0. The van der Waals surface area contributed by atoms with E-state index >= 15 is 0 Å². The second-order valence-corrected chi connectivity index (χ2v) is 4.35. The van der Waals surface area contributed by atoms with Crippen molar-refractivity contribution >= 4 is 18.0 Å². The van der Waals surface area contributed by atoms with Gasteiger partial charge in [0.2, 0.25) is 17.6 Å². The molecule has 1 fully saturated rings. The van der Waals surface area contributed by atoms with Gasteiger partial charge in [-0.1, -0.05) is 24.3 Å². The molecule has 0 radical (unpaired) electrons. The molecule has 92 valence electrons. The first-order valence-electron chi connectivity index (χ1n) is 5.67. The molecule has 6 nitrogen and oxygen atoms in total. The number of nitrogens with zero attached hydrogens (tertiary/aromatic N) is 2. The maximum Gasteiger partial charge on any atom is 0.233 e. The van der Waals surface area contributed by atoms with Gasteiger partial charge in [0.15, 0.2) is 0 Å². The van der Waals surface area contributed by atoms with Crippen LogP contribution in [0.25, 0.3) is 0 Å². The van der Waals surface area contributed by atoms with Crippen LogP contribution in [0.2, 0.25) is 0 Å². The topological polar surface area (TPSA) is 87.8 Å². The van der Waals surface area contributed by atoms with E-state index in [1.165, 1.54) is 0 Å². The first kappa shape index (κ1) is 10.9. The zero-order valence-electron chi connectivity index (χ0n) is 9.59. The Morgan fingerprint density at radius 3 is 2.61 bits per heavy atom. The molecule has 3 rings (SSSR count). The van der Waals surface area contributed by atoms with E-state index in [0.29, 0.717) is 5.56 Å². The van der Waals surface area contributed by atoms with Crippen molar-refractivity contribution in [3.8, 4) is 0 Å². The number of fused-ring (bicyclic) bond motifs is 1. The highest BCUT2D eigenvalue weighted by Crippen LogP contribution is 2.30. The quantitative estimate of drug-likeness (QED) is 0.672. The fourth-order valence-corrected chi connectivity index (χ4v) is 2.36. The van der Waals surface area contributed by atoms with Crippen LogP contribution in [0.3, 0.4) is 0 Å². The second kappa shape index (κ2) is 3.64. The molecule has 1 aromatic rings. The predicted molar refractivity (Wildman–Crippen MR) is 64.1 cm³/mol. The Balaban J connectivity index is 2.13. The summed E-state index contributed by atoms with van der Waals surface area (Å²) in [6, 6.07) is 7.29. The number of rotatable bonds is 1. The van der Waals surface area contributed by atoms with Gasteiger partial charge in [0, 0.05) is 24.0 Å². The van der Waals surface area contributed by atoms with Gasteiger partial charge in [0.1, 0.15) is 0 Å². The number of hydrogen-bond acceptors (Lipinski definition) is 5. The molecular formula is C12H12N4O2. The molecule has 6 heteroatoms. The van der Waals surface area contributed by atoms with Gasteiger partial charge in [-0.05, 0) is 0 Å². The molecule has 1 unspecified atom stereocenters. The Bertz CT molecular complexity index is 553. The van der Waals surface area contributed by atoms with Crippen LogP contribution >= 0.6 is 0 Å². The van der Waals surface area contributed by atoms with Crippen LogP contribution in [0.5, 0.6) is 0 Å². The van der Waals surface area contributed by atoms with E-state index in [9.17, 15) is 9.59 Å². The summed E-state index contributed by atoms with van der Waals surface area (Å²) in [7, 11) is 0. The normalized spacial score (nSPS) is 26.2. The zero-order valence-corrected chi connectivity index (χ0v) is 9.59. The first-order chi connectivity index (χ1) is 8.63. The average Bonchev–Trinajstić information content (AvgIpc) is 2.70. The highest BCUT2D eigenvalue weighted by molar-refractivity contribution is 6.03. The summed E-state index contributed by atoms with van der Waals surface area (Å²) in [4.78, 5) is 24.7. The Hall–Kier alpha value is -2.21. The molecular weight excluding hydrogens is 232 g/mol. The van der Waals surface area contributed by atoms with Crippen LogP contribution in [-0.2, 0) is 15.4 Å². The lowest BCUT2D eigenvalue weighted by Gasteiger charge is -2.39. The van der Waals surface area contributed by atoms with Crippen molar-refractivity contribution in [3.05, 3.63) is 35.4 Å². The van der Waals surface area contributed by atoms with Crippen molar-refractivity contribution in [3.63, 3.8) is 0 Å². The van der Waals surface area contributed by atoms with Gasteiger partial charge in [-0.15, -0.1) is 0 Å². The maximum atomic E-state index is 11.8. The molecule has 2 aliphatic rings. The number of likely N-dealkylation sites (tertiary alicyclic amines) is 1. The van der Waals surface area contributed by atoms with Crippen molar-refractivity contribution in [2.75, 3.05) is 0 Å². The second-order valence-electron chi connectivity index (χ2n) is 4.35. The van der Waals surface area contributed by atoms with E-state index in [-0.39, 0.29) is 24.7 Å². The molecule has 2 heterocycles. The molecule has 1 saturated heterocycles. The van der Waals surface area contributed by atoms with Gasteiger partial charge in [0.05, 0.1) is 6.21 Å². The van der Waals surface area contributed by atoms with E-state index in [1.54, 1.807) is 12.3 Å². The lowest BCUT2D eigenvalue weighted by Crippen LogP contribution is -2.64. The number of carbonyl (C=O) groups excluding carboxylic acids is 2. The number of imide groups is 1. The molecule has 1 atom stereocenters. The van der Waals surface area contributed by atoms with Crippen LogP contribution < -0.4 is 11.2 Å². The first-order valence-corrected chi connectivity index (χ1v) is 5.67. The number of nitrogens with two attached hydrogens (primary N) is 1. The zero-order chi connectivity index (χ0) is 12.8. The van der Waals surface area contributed by atoms with Crippen LogP contribution in [0.15, 0.2) is 29.4 Å². The minimum atomic E-state index is -1.38. The Morgan fingerprint density at radius 1 is 1.22 bits per heavy atom. The minimum Gasteiger partial charge on any atom is -0.286 e. The summed E-state index contributed by atoms with van der Waals surface area (Å²) in [5.41, 5.74) is 10.4. The van der Waals surface area contributed by atoms with Crippen molar-refractivity contribution in [1.29, 1.82) is 0 Å². The van der Waals surface area contributed by atoms with Crippen LogP contribution in [0, 0.1) is 0 Å². The molecule has 2 amide bonds. The summed E-state index contributed by atoms with van der Waals surface area (Å²) in [5.74, 6) is -1.93. The maximum absolute atomic E-state index is 11.8. The number of nitrogens with one attached hydrogen (secondary N) is 1. The van der Waals surface area contributed by atoms with E-state index in [4.69, 9.17) is 5.73 Å². The van der Waals surface area contributed by atoms with E-state index in [1.807, 2.05) is 18.2 Å². The molecule has 0 saturated carbocycles. The Labute approximate surface area is 103 Å². The smallest absolute Gasteiger partial charge is 0.233 e. The summed E-state index contributed by atoms with van der Waals surface area (Å²) in [6.07, 6.45) is 2.02. The molecule has 18 heavy (non-hydrogen) atoms. The van der Waals surface area contributed by atoms with E-state index < -0.39 is 5.79 Å². The number of benzene rings is 1. The lowest BCUT2D eigenvalue weighted by molar-refractivity contribution is -0.148. The molecule has 0 bridgehead atoms. The van der Waals surface area contributed by atoms with Gasteiger partial charge in [-0.3, -0.25) is 20.7 Å². The minimum absolute atomic E-state index is 0.200. The van der Waals surface area contributed by atoms with Gasteiger partial charge < -0.3 is 0 Å². The number of hydrogen-bond donors (Lipinski definition) is 2. The van der Waals surface area contributed by atoms with Gasteiger partial charge in [0.25, 0.3) is 0 Å². The fraction of sp³-hybridized carbons (Fsp3) is 0.250. The Kier molecular flexibility index (Phi) is 2.21. The van der Waals surface area contributed by atoms with Crippen LogP contribution in [-0.4, -0.2) is 22.9 Å². The molecule has 0 aliphatic carbocycles. The third-order valence-electron chi connectivity index (χ3n) is 3.21. The Morgan fingerprint density at radius 2 is 1.89 bits per heavy atom. The van der Waals surface area contributed by atoms with Crippen molar-refractivity contribution in [1.82, 2.24) is 10.3 Å². The monoisotopic (exact) mass is 244 g/mol. The fourth-order valence-electron chi connectivity index (χ4n) is 2.36. The average molecular weight is 244 g/mol. The SMILES string of the molecule is NC1(N2C(=O)CCC2=O)NN=Cc2ccccc21. The van der Waals surface area contributed by atoms with Crippen LogP contribution in [0.4, 0.5) is 0 Å². The van der Waals surface area contributed by atoms with Gasteiger partial charge >= 0.3 is 0 Å². The van der Waals surface area contributed by atoms with Gasteiger partial charge in [-0.2, -0.15) is 5.10 Å². The molecule has 3 N–H and O–H groups in total. The molecule has 1 aromatic carbocycles. The third-order valence-corrected chi connectivity index (χ3v) is 3.21. The van der Waals surface area contributed by atoms with Gasteiger partial charge in [-0.25, -0.2) is 4.90 Å². The largest absolute Gasteiger partial charge is 0.286 e. The standard InChI is InChI=1S/C12H12N4O2/c13-12(16-10(17)5-6-11(16)18)9-4-2-1-3-8(9)7-14-15-12/h1-4,7,15H,5-6,13H2. The predicted octanol–water partition coefficient (Wildman–Crippen LogP) is -0.158. The third kappa shape index (κ3) is 1.36. The van der Waals surface area contributed by atoms with Crippen LogP contribution in [0.1, 0.15) is 24.0 Å². The number of carbonyl (C=O) groups is 2. The molecule has 0 aromatic heterocycles.